The molecule has 1 saturated heterocycles. The monoisotopic (exact) mass is 159 g/mol. The molecule has 1 fully saturated rings. The van der Waals surface area contributed by atoms with Gasteiger partial charge in [-0.1, -0.05) is 5.16 Å². The van der Waals surface area contributed by atoms with E-state index in [0.717, 1.165) is 12.8 Å². The maximum Gasteiger partial charge on any atom is 0.129 e. The Bertz CT molecular complexity index is 110. The molecule has 0 atom stereocenters. The predicted octanol–water partition coefficient (Wildman–Crippen LogP) is 1.90. The Balaban J connectivity index is 2.13. The standard InChI is InChI=1S/C7H13NOS/c1-2-8-9-7-3-5-10-6-4-7/h2,7H,3-6H2,1H3/b8-2+. The van der Waals surface area contributed by atoms with Crippen LogP contribution in [0.4, 0.5) is 0 Å². The highest BCUT2D eigenvalue weighted by molar-refractivity contribution is 7.99. The highest BCUT2D eigenvalue weighted by Gasteiger charge is 2.13. The van der Waals surface area contributed by atoms with E-state index in [1.807, 2.05) is 18.7 Å². The number of nitrogens with zero attached hydrogens (tertiary/aromatic N) is 1. The fraction of sp³-hybridized carbons (Fsp3) is 0.857. The van der Waals surface area contributed by atoms with Crippen LogP contribution in [0.15, 0.2) is 5.16 Å². The highest BCUT2D eigenvalue weighted by atomic mass is 32.2. The van der Waals surface area contributed by atoms with Crippen LogP contribution in [0.5, 0.6) is 0 Å². The van der Waals surface area contributed by atoms with Gasteiger partial charge in [-0.2, -0.15) is 11.8 Å². The average Bonchev–Trinajstić information content (AvgIpc) is 2.03. The van der Waals surface area contributed by atoms with E-state index >= 15 is 0 Å². The molecule has 0 unspecified atom stereocenters. The quantitative estimate of drug-likeness (QED) is 0.453. The fourth-order valence-corrected chi connectivity index (χ4v) is 1.99. The molecule has 0 bridgehead atoms. The maximum atomic E-state index is 5.19. The van der Waals surface area contributed by atoms with Crippen LogP contribution in [-0.2, 0) is 4.84 Å². The lowest BCUT2D eigenvalue weighted by Gasteiger charge is -2.18. The molecule has 1 rings (SSSR count). The van der Waals surface area contributed by atoms with Gasteiger partial charge in [0.2, 0.25) is 0 Å². The third-order valence-electron chi connectivity index (χ3n) is 1.48. The molecule has 0 amide bonds. The van der Waals surface area contributed by atoms with Gasteiger partial charge in [0.1, 0.15) is 6.10 Å². The van der Waals surface area contributed by atoms with Crippen molar-refractivity contribution < 1.29 is 4.84 Å². The van der Waals surface area contributed by atoms with Crippen molar-refractivity contribution in [1.82, 2.24) is 0 Å². The smallest absolute Gasteiger partial charge is 0.129 e. The van der Waals surface area contributed by atoms with Gasteiger partial charge in [0.05, 0.1) is 0 Å². The van der Waals surface area contributed by atoms with E-state index in [4.69, 9.17) is 4.84 Å². The summed E-state index contributed by atoms with van der Waals surface area (Å²) < 4.78 is 0. The Hall–Kier alpha value is -0.180. The Morgan fingerprint density at radius 3 is 2.80 bits per heavy atom. The van der Waals surface area contributed by atoms with Crippen LogP contribution < -0.4 is 0 Å². The van der Waals surface area contributed by atoms with E-state index in [2.05, 4.69) is 5.16 Å². The molecule has 1 heterocycles. The maximum absolute atomic E-state index is 5.19. The summed E-state index contributed by atoms with van der Waals surface area (Å²) in [7, 11) is 0. The molecule has 0 aliphatic carbocycles. The first-order valence-corrected chi connectivity index (χ1v) is 4.80. The van der Waals surface area contributed by atoms with Gasteiger partial charge in [-0.3, -0.25) is 0 Å². The van der Waals surface area contributed by atoms with Gasteiger partial charge < -0.3 is 4.84 Å². The van der Waals surface area contributed by atoms with Crippen LogP contribution in [0.3, 0.4) is 0 Å². The van der Waals surface area contributed by atoms with Crippen LogP contribution in [0.2, 0.25) is 0 Å². The molecule has 2 nitrogen and oxygen atoms in total. The molecule has 10 heavy (non-hydrogen) atoms. The molecule has 0 aromatic carbocycles. The summed E-state index contributed by atoms with van der Waals surface area (Å²) in [6.07, 6.45) is 4.39. The summed E-state index contributed by atoms with van der Waals surface area (Å²) in [6, 6.07) is 0. The van der Waals surface area contributed by atoms with Crippen molar-refractivity contribution in [3.63, 3.8) is 0 Å². The Morgan fingerprint density at radius 2 is 2.20 bits per heavy atom. The van der Waals surface area contributed by atoms with Crippen molar-refractivity contribution in [2.75, 3.05) is 11.5 Å². The van der Waals surface area contributed by atoms with E-state index in [9.17, 15) is 0 Å². The third kappa shape index (κ3) is 2.60. The van der Waals surface area contributed by atoms with E-state index in [-0.39, 0.29) is 0 Å². The van der Waals surface area contributed by atoms with Crippen LogP contribution in [0.1, 0.15) is 19.8 Å². The number of oxime groups is 1. The second-order valence-electron chi connectivity index (χ2n) is 2.28. The van der Waals surface area contributed by atoms with Crippen LogP contribution in [0, 0.1) is 0 Å². The fourth-order valence-electron chi connectivity index (χ4n) is 0.928. The Morgan fingerprint density at radius 1 is 1.50 bits per heavy atom. The first kappa shape index (κ1) is 7.92. The van der Waals surface area contributed by atoms with Crippen molar-refractivity contribution in [1.29, 1.82) is 0 Å². The molecule has 0 aromatic heterocycles. The van der Waals surface area contributed by atoms with Gasteiger partial charge >= 0.3 is 0 Å². The number of hydrogen-bond acceptors (Lipinski definition) is 3. The zero-order valence-corrected chi connectivity index (χ0v) is 7.06. The molecule has 0 radical (unpaired) electrons. The van der Waals surface area contributed by atoms with Gasteiger partial charge in [0.15, 0.2) is 0 Å². The zero-order valence-electron chi connectivity index (χ0n) is 6.25. The summed E-state index contributed by atoms with van der Waals surface area (Å²) in [5, 5.41) is 3.76. The number of thioether (sulfide) groups is 1. The van der Waals surface area contributed by atoms with Gasteiger partial charge in [0.25, 0.3) is 0 Å². The molecule has 0 saturated carbocycles. The van der Waals surface area contributed by atoms with Gasteiger partial charge in [-0.15, -0.1) is 0 Å². The molecule has 58 valence electrons. The predicted molar refractivity (Wildman–Crippen MR) is 45.6 cm³/mol. The largest absolute Gasteiger partial charge is 0.393 e. The highest BCUT2D eigenvalue weighted by Crippen LogP contribution is 2.19. The number of hydrogen-bond donors (Lipinski definition) is 0. The lowest BCUT2D eigenvalue weighted by Crippen LogP contribution is -2.16. The van der Waals surface area contributed by atoms with E-state index < -0.39 is 0 Å². The van der Waals surface area contributed by atoms with Crippen LogP contribution >= 0.6 is 11.8 Å². The number of rotatable bonds is 2. The minimum Gasteiger partial charge on any atom is -0.393 e. The summed E-state index contributed by atoms with van der Waals surface area (Å²) in [6.45, 7) is 1.87. The minimum atomic E-state index is 0.387. The molecular weight excluding hydrogens is 146 g/mol. The van der Waals surface area contributed by atoms with Crippen LogP contribution in [-0.4, -0.2) is 23.8 Å². The minimum absolute atomic E-state index is 0.387. The van der Waals surface area contributed by atoms with Gasteiger partial charge in [0, 0.05) is 6.21 Å². The third-order valence-corrected chi connectivity index (χ3v) is 2.53. The Labute approximate surface area is 66.0 Å². The summed E-state index contributed by atoms with van der Waals surface area (Å²) in [5.41, 5.74) is 0. The lowest BCUT2D eigenvalue weighted by atomic mass is 10.2. The second kappa shape index (κ2) is 4.61. The topological polar surface area (TPSA) is 21.6 Å². The second-order valence-corrected chi connectivity index (χ2v) is 3.51. The van der Waals surface area contributed by atoms with Gasteiger partial charge in [-0.25, -0.2) is 0 Å². The lowest BCUT2D eigenvalue weighted by molar-refractivity contribution is 0.0545. The first-order valence-electron chi connectivity index (χ1n) is 3.65. The molecule has 3 heteroatoms. The molecule has 1 aliphatic rings. The van der Waals surface area contributed by atoms with E-state index in [0.29, 0.717) is 6.10 Å². The SMILES string of the molecule is C/C=N/OC1CCSCC1. The van der Waals surface area contributed by atoms with Crippen molar-refractivity contribution in [3.8, 4) is 0 Å². The normalized spacial score (nSPS) is 21.7. The molecule has 0 N–H and O–H groups in total. The van der Waals surface area contributed by atoms with E-state index in [1.54, 1.807) is 6.21 Å². The summed E-state index contributed by atoms with van der Waals surface area (Å²) >= 11 is 2.00. The van der Waals surface area contributed by atoms with E-state index in [1.165, 1.54) is 11.5 Å². The van der Waals surface area contributed by atoms with Crippen molar-refractivity contribution in [2.45, 2.75) is 25.9 Å². The van der Waals surface area contributed by atoms with Crippen LogP contribution in [0.25, 0.3) is 0 Å². The summed E-state index contributed by atoms with van der Waals surface area (Å²) in [5.74, 6) is 2.45. The summed E-state index contributed by atoms with van der Waals surface area (Å²) in [4.78, 5) is 5.19. The van der Waals surface area contributed by atoms with Crippen molar-refractivity contribution in [2.24, 2.45) is 5.16 Å². The van der Waals surface area contributed by atoms with Crippen molar-refractivity contribution >= 4 is 18.0 Å². The van der Waals surface area contributed by atoms with Gasteiger partial charge in [-0.05, 0) is 31.3 Å². The Kier molecular flexibility index (Phi) is 3.65. The molecule has 1 aliphatic heterocycles. The molecule has 0 spiro atoms. The average molecular weight is 159 g/mol. The zero-order chi connectivity index (χ0) is 7.23. The van der Waals surface area contributed by atoms with Crippen molar-refractivity contribution in [3.05, 3.63) is 0 Å². The molecule has 0 aromatic rings. The first-order chi connectivity index (χ1) is 4.93. The molecular formula is C7H13NOS.